The van der Waals surface area contributed by atoms with E-state index < -0.39 is 39.0 Å². The summed E-state index contributed by atoms with van der Waals surface area (Å²) < 4.78 is 71.8. The van der Waals surface area contributed by atoms with Gasteiger partial charge in [-0.3, -0.25) is 4.79 Å². The number of halogens is 4. The molecule has 0 aliphatic heterocycles. The number of allylic oxidation sites excluding steroid dienone is 1. The quantitative estimate of drug-likeness (QED) is 0.340. The number of nitrogens with one attached hydrogen (secondary N) is 3. The van der Waals surface area contributed by atoms with Crippen molar-refractivity contribution in [2.24, 2.45) is 5.41 Å². The number of ether oxygens (including phenoxy) is 1. The lowest BCUT2D eigenvalue weighted by Crippen LogP contribution is -2.37. The minimum atomic E-state index is -4.46. The van der Waals surface area contributed by atoms with Crippen molar-refractivity contribution >= 4 is 33.2 Å². The molecule has 34 heavy (non-hydrogen) atoms. The summed E-state index contributed by atoms with van der Waals surface area (Å²) in [7, 11) is -2.93. The number of alkyl halides is 3. The number of carbonyl (C=O) groups excluding carboxylic acids is 1. The molecule has 0 aliphatic rings. The second-order valence-corrected chi connectivity index (χ2v) is 9.64. The zero-order valence-electron chi connectivity index (χ0n) is 18.5. The average Bonchev–Trinajstić information content (AvgIpc) is 3.18. The van der Waals surface area contributed by atoms with Crippen LogP contribution in [0.1, 0.15) is 31.1 Å². The molecule has 0 saturated heterocycles. The molecule has 2 aromatic heterocycles. The maximum Gasteiger partial charge on any atom is 0.397 e. The van der Waals surface area contributed by atoms with Gasteiger partial charge in [0.1, 0.15) is 16.7 Å². The van der Waals surface area contributed by atoms with E-state index in [1.54, 1.807) is 0 Å². The van der Waals surface area contributed by atoms with Crippen molar-refractivity contribution in [3.8, 4) is 11.7 Å². The van der Waals surface area contributed by atoms with Gasteiger partial charge in [-0.2, -0.15) is 13.2 Å². The Morgan fingerprint density at radius 1 is 1.29 bits per heavy atom. The third-order valence-electron chi connectivity index (χ3n) is 4.39. The van der Waals surface area contributed by atoms with Crippen LogP contribution in [0.5, 0.6) is 5.88 Å². The molecule has 0 fully saturated rings. The smallest absolute Gasteiger partial charge is 0.397 e. The summed E-state index contributed by atoms with van der Waals surface area (Å²) >= 11 is 6.05. The van der Waals surface area contributed by atoms with E-state index in [1.807, 2.05) is 4.72 Å². The highest BCUT2D eigenvalue weighted by molar-refractivity contribution is 7.94. The largest absolute Gasteiger partial charge is 0.476 e. The minimum absolute atomic E-state index is 0.0889. The number of nitrogens with zero attached hydrogens (tertiary/aromatic N) is 3. The first-order chi connectivity index (χ1) is 15.6. The number of carbonyl (C=O) groups is 1. The van der Waals surface area contributed by atoms with Crippen molar-refractivity contribution in [1.82, 2.24) is 24.8 Å². The van der Waals surface area contributed by atoms with Crippen LogP contribution in [0, 0.1) is 10.8 Å². The molecule has 0 aromatic carbocycles. The van der Waals surface area contributed by atoms with Crippen LogP contribution in [0.25, 0.3) is 5.82 Å². The molecule has 2 heterocycles. The van der Waals surface area contributed by atoms with E-state index in [0.717, 1.165) is 24.7 Å². The van der Waals surface area contributed by atoms with Crippen LogP contribution >= 0.6 is 11.6 Å². The molecule has 2 aromatic rings. The van der Waals surface area contributed by atoms with E-state index in [2.05, 4.69) is 15.4 Å². The molecule has 0 saturated carbocycles. The Balaban J connectivity index is 2.19. The monoisotopic (exact) mass is 522 g/mol. The molecular formula is C19H22ClF3N6O4S. The molecule has 186 valence electrons. The molecular weight excluding hydrogens is 501 g/mol. The van der Waals surface area contributed by atoms with E-state index in [-0.39, 0.29) is 28.1 Å². The van der Waals surface area contributed by atoms with Gasteiger partial charge in [-0.25, -0.2) is 22.8 Å². The van der Waals surface area contributed by atoms with Gasteiger partial charge in [0, 0.05) is 25.5 Å². The topological polar surface area (TPSA) is 139 Å². The number of rotatable bonds is 9. The lowest BCUT2D eigenvalue weighted by atomic mass is 9.94. The predicted molar refractivity (Wildman–Crippen MR) is 119 cm³/mol. The normalized spacial score (nSPS) is 12.9. The number of hydrogen-bond acceptors (Lipinski definition) is 8. The van der Waals surface area contributed by atoms with Crippen molar-refractivity contribution in [2.45, 2.75) is 26.9 Å². The van der Waals surface area contributed by atoms with Gasteiger partial charge >= 0.3 is 6.18 Å². The number of aromatic nitrogens is 3. The number of hydrogen-bond donors (Lipinski definition) is 3. The summed E-state index contributed by atoms with van der Waals surface area (Å²) in [6.45, 7) is 2.57. The molecule has 0 radical (unpaired) electrons. The third-order valence-corrected chi connectivity index (χ3v) is 6.13. The van der Waals surface area contributed by atoms with Crippen LogP contribution < -0.4 is 14.8 Å². The Bertz CT molecular complexity index is 1220. The van der Waals surface area contributed by atoms with Crippen LogP contribution in [-0.4, -0.2) is 54.6 Å². The maximum atomic E-state index is 13.0. The fourth-order valence-corrected chi connectivity index (χ4v) is 3.70. The van der Waals surface area contributed by atoms with Gasteiger partial charge < -0.3 is 15.5 Å². The number of amides is 1. The maximum absolute atomic E-state index is 13.0. The molecule has 0 unspecified atom stereocenters. The van der Waals surface area contributed by atoms with Gasteiger partial charge in [-0.05, 0) is 32.9 Å². The summed E-state index contributed by atoms with van der Waals surface area (Å²) in [5.41, 5.74) is -2.66. The highest BCUT2D eigenvalue weighted by Gasteiger charge is 2.48. The zero-order valence-corrected chi connectivity index (χ0v) is 20.1. The van der Waals surface area contributed by atoms with E-state index in [0.29, 0.717) is 0 Å². The Morgan fingerprint density at radius 2 is 1.94 bits per heavy atom. The third kappa shape index (κ3) is 6.26. The molecule has 1 amide bonds. The molecule has 0 aliphatic carbocycles. The van der Waals surface area contributed by atoms with Gasteiger partial charge in [0.05, 0.1) is 16.7 Å². The molecule has 0 spiro atoms. The van der Waals surface area contributed by atoms with Crippen molar-refractivity contribution < 1.29 is 31.1 Å². The van der Waals surface area contributed by atoms with Crippen LogP contribution in [0.3, 0.4) is 0 Å². The second kappa shape index (κ2) is 10.0. The van der Waals surface area contributed by atoms with Crippen molar-refractivity contribution in [1.29, 1.82) is 5.41 Å². The average molecular weight is 523 g/mol. The van der Waals surface area contributed by atoms with Crippen LogP contribution in [0.15, 0.2) is 35.5 Å². The first kappa shape index (κ1) is 27.1. The highest BCUT2D eigenvalue weighted by atomic mass is 35.5. The number of pyridine rings is 1. The Morgan fingerprint density at radius 3 is 2.47 bits per heavy atom. The fourth-order valence-electron chi connectivity index (χ4n) is 2.32. The summed E-state index contributed by atoms with van der Waals surface area (Å²) in [6.07, 6.45) is -2.05. The van der Waals surface area contributed by atoms with Crippen LogP contribution in [0.2, 0.25) is 5.15 Å². The first-order valence-electron chi connectivity index (χ1n) is 9.51. The molecule has 10 nitrogen and oxygen atoms in total. The summed E-state index contributed by atoms with van der Waals surface area (Å²) in [5.74, 6) is -1.07. The van der Waals surface area contributed by atoms with E-state index >= 15 is 0 Å². The van der Waals surface area contributed by atoms with Crippen molar-refractivity contribution in [3.05, 3.63) is 46.2 Å². The molecule has 3 N–H and O–H groups in total. The predicted octanol–water partition coefficient (Wildman–Crippen LogP) is 3.05. The van der Waals surface area contributed by atoms with E-state index in [4.69, 9.17) is 21.7 Å². The fraction of sp³-hybridized carbons (Fsp3) is 0.368. The van der Waals surface area contributed by atoms with E-state index in [9.17, 15) is 26.4 Å². The summed E-state index contributed by atoms with van der Waals surface area (Å²) in [4.78, 5) is 16.0. The van der Waals surface area contributed by atoms with Gasteiger partial charge in [0.15, 0.2) is 5.82 Å². The van der Waals surface area contributed by atoms with Gasteiger partial charge in [0.25, 0.3) is 15.9 Å². The molecule has 0 bridgehead atoms. The van der Waals surface area contributed by atoms with Gasteiger partial charge in [-0.1, -0.05) is 11.6 Å². The van der Waals surface area contributed by atoms with Crippen molar-refractivity contribution in [2.75, 3.05) is 13.7 Å². The van der Waals surface area contributed by atoms with E-state index in [1.165, 1.54) is 38.4 Å². The van der Waals surface area contributed by atoms with Gasteiger partial charge in [0.2, 0.25) is 5.88 Å². The van der Waals surface area contributed by atoms with Gasteiger partial charge in [-0.15, -0.1) is 5.10 Å². The highest BCUT2D eigenvalue weighted by Crippen LogP contribution is 2.37. The minimum Gasteiger partial charge on any atom is -0.476 e. The Hall–Kier alpha value is -3.13. The van der Waals surface area contributed by atoms with Crippen molar-refractivity contribution in [3.63, 3.8) is 0 Å². The summed E-state index contributed by atoms with van der Waals surface area (Å²) in [5, 5.41) is 13.7. The SMILES string of the molecule is CN/C=C(\C(C)=N)S(=O)(=O)NC(=O)c1ccc(-n2ccc(OCC(C)(C)C(F)(F)F)n2)nc1Cl. The molecule has 0 atom stereocenters. The first-order valence-corrected chi connectivity index (χ1v) is 11.4. The standard InChI is InChI=1S/C19H22ClF3N6O4S/c1-11(24)13(9-25-4)34(31,32)28-17(30)12-5-6-14(26-16(12)20)29-8-7-15(27-29)33-10-18(2,3)19(21,22)23/h5-9,24-25H,10H2,1-4H3,(H,28,30)/b13-9+,24-11?. The Labute approximate surface area is 198 Å². The second-order valence-electron chi connectivity index (χ2n) is 7.63. The molecule has 15 heteroatoms. The lowest BCUT2D eigenvalue weighted by molar-refractivity contribution is -0.219. The van der Waals surface area contributed by atoms with Crippen LogP contribution in [0.4, 0.5) is 13.2 Å². The lowest BCUT2D eigenvalue weighted by Gasteiger charge is -2.26. The summed E-state index contributed by atoms with van der Waals surface area (Å²) in [6, 6.07) is 3.82. The van der Waals surface area contributed by atoms with Crippen LogP contribution in [-0.2, 0) is 10.0 Å². The zero-order chi connectivity index (χ0) is 25.9. The number of sulfonamides is 1. The Kier molecular flexibility index (Phi) is 7.98. The molecule has 2 rings (SSSR count).